The molecule has 70 heavy (non-hydrogen) atoms. The Balaban J connectivity index is 1.03. The van der Waals surface area contributed by atoms with Crippen molar-refractivity contribution in [2.45, 2.75) is 35.5 Å². The van der Waals surface area contributed by atoms with Gasteiger partial charge in [-0.15, -0.1) is 0 Å². The average molecular weight is 990 g/mol. The zero-order valence-corrected chi connectivity index (χ0v) is 39.7. The summed E-state index contributed by atoms with van der Waals surface area (Å²) in [7, 11) is -8.16. The molecule has 2 aliphatic heterocycles. The van der Waals surface area contributed by atoms with E-state index in [1.165, 1.54) is 73.2 Å². The molecule has 2 aliphatic rings. The van der Waals surface area contributed by atoms with Crippen LogP contribution in [0.2, 0.25) is 0 Å². The Bertz CT molecular complexity index is 2980. The number of carbonyl (C=O) groups excluding carboxylic acids is 4. The number of benzene rings is 3. The molecule has 20 nitrogen and oxygen atoms in total. The molecule has 8 rings (SSSR count). The molecule has 0 aliphatic carbocycles. The van der Waals surface area contributed by atoms with Crippen molar-refractivity contribution in [1.29, 1.82) is 0 Å². The standard InChI is InChI=1S/C48H51N11O9S2/c1-48(45(61)53-38-10-3-2-4-11-38,56-25-29-58(30-26-56)69(64,65)41-17-13-39(14-18-41)54-46(62)51-34-36-8-5-21-49-32-36)59(47(63)52-35-37-9-6-22-50-33-37)40-15-19-42(20-16-40)70(66,67)57-27-23-55(24-28-57)44(60)43-12-7-31-68-43/h2-22,31-33H,23-30,34-35H2,1H3,(H,52,63)(H,53,61)(H2,51,54,62). The van der Waals surface area contributed by atoms with Gasteiger partial charge in [0.2, 0.25) is 20.0 Å². The third kappa shape index (κ3) is 11.0. The first-order chi connectivity index (χ1) is 33.7. The van der Waals surface area contributed by atoms with E-state index in [0.717, 1.165) is 5.56 Å². The van der Waals surface area contributed by atoms with Crippen LogP contribution in [0, 0.1) is 0 Å². The molecular weight excluding hydrogens is 939 g/mol. The Morgan fingerprint density at radius 1 is 0.614 bits per heavy atom. The fourth-order valence-corrected chi connectivity index (χ4v) is 11.0. The number of pyridine rings is 2. The molecule has 0 spiro atoms. The van der Waals surface area contributed by atoms with Crippen molar-refractivity contribution in [2.24, 2.45) is 0 Å². The minimum Gasteiger partial charge on any atom is -0.459 e. The predicted molar refractivity (Wildman–Crippen MR) is 259 cm³/mol. The van der Waals surface area contributed by atoms with E-state index in [2.05, 4.69) is 31.2 Å². The molecule has 6 amide bonds. The third-order valence-corrected chi connectivity index (χ3v) is 15.9. The number of anilines is 3. The number of nitrogens with one attached hydrogen (secondary N) is 4. The fraction of sp³-hybridized carbons (Fsp3) is 0.250. The minimum atomic E-state index is -4.08. The highest BCUT2D eigenvalue weighted by atomic mass is 32.2. The number of aromatic nitrogens is 2. The molecule has 5 heterocycles. The number of para-hydroxylation sites is 1. The van der Waals surface area contributed by atoms with Crippen LogP contribution in [0.15, 0.2) is 161 Å². The summed E-state index contributed by atoms with van der Waals surface area (Å²) in [4.78, 5) is 67.7. The lowest BCUT2D eigenvalue weighted by molar-refractivity contribution is -0.127. The molecular formula is C48H51N11O9S2. The minimum absolute atomic E-state index is 0.0115. The molecule has 0 saturated carbocycles. The number of rotatable bonds is 15. The monoisotopic (exact) mass is 989 g/mol. The van der Waals surface area contributed by atoms with Crippen molar-refractivity contribution in [3.8, 4) is 0 Å². The lowest BCUT2D eigenvalue weighted by Crippen LogP contribution is -2.71. The van der Waals surface area contributed by atoms with E-state index < -0.39 is 43.7 Å². The Kier molecular flexibility index (Phi) is 15.0. The van der Waals surface area contributed by atoms with Crippen LogP contribution in [-0.2, 0) is 37.9 Å². The second kappa shape index (κ2) is 21.4. The highest BCUT2D eigenvalue weighted by molar-refractivity contribution is 7.89. The average Bonchev–Trinajstić information content (AvgIpc) is 3.94. The Labute approximate surface area is 405 Å². The summed E-state index contributed by atoms with van der Waals surface area (Å²) in [5, 5.41) is 11.3. The van der Waals surface area contributed by atoms with Gasteiger partial charge in [-0.05, 0) is 103 Å². The van der Waals surface area contributed by atoms with Gasteiger partial charge < -0.3 is 30.6 Å². The van der Waals surface area contributed by atoms with Gasteiger partial charge in [0, 0.05) is 107 Å². The van der Waals surface area contributed by atoms with Gasteiger partial charge in [-0.2, -0.15) is 8.61 Å². The summed E-state index contributed by atoms with van der Waals surface area (Å²) in [5.74, 6) is -0.803. The number of amides is 6. The number of piperazine rings is 2. The largest absolute Gasteiger partial charge is 0.459 e. The molecule has 0 radical (unpaired) electrons. The van der Waals surface area contributed by atoms with Gasteiger partial charge in [0.05, 0.1) is 16.1 Å². The summed E-state index contributed by atoms with van der Waals surface area (Å²) >= 11 is 0. The van der Waals surface area contributed by atoms with E-state index in [4.69, 9.17) is 4.42 Å². The summed E-state index contributed by atoms with van der Waals surface area (Å²) in [6.45, 7) is 2.02. The second-order valence-electron chi connectivity index (χ2n) is 16.4. The first-order valence-corrected chi connectivity index (χ1v) is 25.2. The molecule has 4 N–H and O–H groups in total. The van der Waals surface area contributed by atoms with E-state index in [1.807, 2.05) is 6.07 Å². The van der Waals surface area contributed by atoms with Crippen LogP contribution >= 0.6 is 0 Å². The maximum absolute atomic E-state index is 14.9. The zero-order chi connectivity index (χ0) is 49.3. The zero-order valence-electron chi connectivity index (χ0n) is 38.0. The number of urea groups is 2. The van der Waals surface area contributed by atoms with Crippen LogP contribution in [0.3, 0.4) is 0 Å². The summed E-state index contributed by atoms with van der Waals surface area (Å²) in [6, 6.07) is 29.1. The van der Waals surface area contributed by atoms with Crippen molar-refractivity contribution < 1.29 is 40.4 Å². The second-order valence-corrected chi connectivity index (χ2v) is 20.3. The maximum atomic E-state index is 14.9. The molecule has 0 bridgehead atoms. The normalized spacial score (nSPS) is 15.8. The summed E-state index contributed by atoms with van der Waals surface area (Å²) < 4.78 is 64.0. The number of sulfonamides is 2. The van der Waals surface area contributed by atoms with Crippen LogP contribution in [0.4, 0.5) is 26.7 Å². The van der Waals surface area contributed by atoms with E-state index >= 15 is 0 Å². The Morgan fingerprint density at radius 3 is 1.70 bits per heavy atom. The van der Waals surface area contributed by atoms with E-state index in [9.17, 15) is 36.0 Å². The Morgan fingerprint density at radius 2 is 1.16 bits per heavy atom. The van der Waals surface area contributed by atoms with Gasteiger partial charge in [-0.1, -0.05) is 30.3 Å². The van der Waals surface area contributed by atoms with Crippen LogP contribution in [0.5, 0.6) is 0 Å². The number of carbonyl (C=O) groups is 4. The molecule has 2 fully saturated rings. The quantitative estimate of drug-likeness (QED) is 0.110. The first kappa shape index (κ1) is 48.9. The maximum Gasteiger partial charge on any atom is 0.324 e. The molecule has 3 aromatic heterocycles. The number of nitrogens with zero attached hydrogens (tertiary/aromatic N) is 7. The highest BCUT2D eigenvalue weighted by Gasteiger charge is 2.50. The van der Waals surface area contributed by atoms with E-state index in [0.29, 0.717) is 16.9 Å². The van der Waals surface area contributed by atoms with Crippen molar-refractivity contribution in [2.75, 3.05) is 67.9 Å². The number of hydrogen-bond acceptors (Lipinski definition) is 12. The van der Waals surface area contributed by atoms with E-state index in [1.54, 1.807) is 97.3 Å². The summed E-state index contributed by atoms with van der Waals surface area (Å²) in [6.07, 6.45) is 7.84. The summed E-state index contributed by atoms with van der Waals surface area (Å²) in [5.41, 5.74) is 0.583. The third-order valence-electron chi connectivity index (χ3n) is 12.0. The van der Waals surface area contributed by atoms with Gasteiger partial charge in [0.15, 0.2) is 11.4 Å². The molecule has 1 atom stereocenters. The van der Waals surface area contributed by atoms with Crippen molar-refractivity contribution in [3.05, 3.63) is 163 Å². The van der Waals surface area contributed by atoms with Crippen LogP contribution in [0.25, 0.3) is 0 Å². The van der Waals surface area contributed by atoms with Crippen molar-refractivity contribution in [1.82, 2.24) is 39.0 Å². The smallest absolute Gasteiger partial charge is 0.324 e. The fourth-order valence-electron chi connectivity index (χ4n) is 8.17. The van der Waals surface area contributed by atoms with Crippen LogP contribution in [-0.4, -0.2) is 127 Å². The molecule has 3 aromatic carbocycles. The van der Waals surface area contributed by atoms with Crippen molar-refractivity contribution >= 4 is 61.0 Å². The molecule has 22 heteroatoms. The lowest BCUT2D eigenvalue weighted by atomic mass is 10.0. The Hall–Kier alpha value is -7.50. The van der Waals surface area contributed by atoms with Gasteiger partial charge in [0.25, 0.3) is 11.8 Å². The molecule has 1 unspecified atom stereocenters. The van der Waals surface area contributed by atoms with Gasteiger partial charge >= 0.3 is 12.1 Å². The highest BCUT2D eigenvalue weighted by Crippen LogP contribution is 2.33. The van der Waals surface area contributed by atoms with Crippen molar-refractivity contribution in [3.63, 3.8) is 0 Å². The first-order valence-electron chi connectivity index (χ1n) is 22.3. The SMILES string of the molecule is CC(C(=O)Nc1ccccc1)(N1CCN(S(=O)(=O)c2ccc(NC(=O)NCc3cccnc3)cc2)CC1)N(C(=O)NCc1cccnc1)c1ccc(S(=O)(=O)N2CCN(C(=O)c3ccco3)CC2)cc1. The number of hydrogen-bond donors (Lipinski definition) is 4. The lowest BCUT2D eigenvalue weighted by Gasteiger charge is -2.49. The molecule has 364 valence electrons. The topological polar surface area (TPSA) is 240 Å². The van der Waals surface area contributed by atoms with Gasteiger partial charge in [-0.25, -0.2) is 26.4 Å². The molecule has 2 saturated heterocycles. The van der Waals surface area contributed by atoms with E-state index in [-0.39, 0.29) is 92.6 Å². The van der Waals surface area contributed by atoms with Gasteiger partial charge in [-0.3, -0.25) is 29.4 Å². The molecule has 6 aromatic rings. The number of furan rings is 1. The van der Waals surface area contributed by atoms with Crippen LogP contribution in [0.1, 0.15) is 28.6 Å². The van der Waals surface area contributed by atoms with Crippen LogP contribution < -0.4 is 26.2 Å². The van der Waals surface area contributed by atoms with Gasteiger partial charge in [0.1, 0.15) is 0 Å². The predicted octanol–water partition coefficient (Wildman–Crippen LogP) is 4.62.